The van der Waals surface area contributed by atoms with Crippen LogP contribution in [0.1, 0.15) is 11.1 Å². The van der Waals surface area contributed by atoms with E-state index in [0.29, 0.717) is 5.56 Å². The molecule has 0 spiro atoms. The van der Waals surface area contributed by atoms with Gasteiger partial charge in [0.05, 0.1) is 7.11 Å². The number of rotatable bonds is 4. The van der Waals surface area contributed by atoms with Gasteiger partial charge in [-0.3, -0.25) is 0 Å². The molecule has 2 aromatic rings. The Bertz CT molecular complexity index is 686. The van der Waals surface area contributed by atoms with E-state index in [4.69, 9.17) is 9.47 Å². The molecule has 0 aliphatic carbocycles. The van der Waals surface area contributed by atoms with Crippen LogP contribution in [0.2, 0.25) is 0 Å². The Balaban J connectivity index is 2.15. The molecule has 2 aromatic carbocycles. The fourth-order valence-corrected chi connectivity index (χ4v) is 1.75. The Morgan fingerprint density at radius 1 is 1.09 bits per heavy atom. The third-order valence-corrected chi connectivity index (χ3v) is 2.93. The molecule has 0 amide bonds. The molecule has 0 saturated carbocycles. The second-order valence-electron chi connectivity index (χ2n) is 4.48. The smallest absolute Gasteiger partial charge is 0.486 e. The van der Waals surface area contributed by atoms with Crippen LogP contribution < -0.4 is 9.47 Å². The van der Waals surface area contributed by atoms with Crippen LogP contribution in [0.25, 0.3) is 0 Å². The van der Waals surface area contributed by atoms with Crippen molar-refractivity contribution in [1.29, 1.82) is 0 Å². The van der Waals surface area contributed by atoms with Gasteiger partial charge in [0.25, 0.3) is 0 Å². The zero-order valence-corrected chi connectivity index (χ0v) is 12.1. The van der Waals surface area contributed by atoms with Crippen LogP contribution in [-0.4, -0.2) is 13.3 Å². The van der Waals surface area contributed by atoms with Crippen LogP contribution >= 0.6 is 0 Å². The van der Waals surface area contributed by atoms with Crippen LogP contribution in [-0.2, 0) is 11.3 Å². The van der Waals surface area contributed by atoms with Gasteiger partial charge in [0.15, 0.2) is 11.6 Å². The summed E-state index contributed by atoms with van der Waals surface area (Å²) in [5.41, 5.74) is 0.688. The van der Waals surface area contributed by atoms with E-state index < -0.39 is 17.8 Å². The van der Waals surface area contributed by atoms with Crippen molar-refractivity contribution in [1.82, 2.24) is 0 Å². The lowest BCUT2D eigenvalue weighted by Crippen LogP contribution is -2.10. The molecule has 116 valence electrons. The predicted molar refractivity (Wildman–Crippen MR) is 74.9 cm³/mol. The Kier molecular flexibility index (Phi) is 4.93. The molecule has 6 heteroatoms. The molecular formula is C16H14F2O4. The number of carbonyl (C=O) groups excluding carboxylic acids is 1. The van der Waals surface area contributed by atoms with Crippen LogP contribution in [0, 0.1) is 18.6 Å². The van der Waals surface area contributed by atoms with E-state index in [1.54, 1.807) is 24.3 Å². The first-order valence-corrected chi connectivity index (χ1v) is 6.43. The van der Waals surface area contributed by atoms with E-state index in [-0.39, 0.29) is 23.7 Å². The second-order valence-corrected chi connectivity index (χ2v) is 4.48. The Morgan fingerprint density at radius 2 is 1.82 bits per heavy atom. The average molecular weight is 308 g/mol. The van der Waals surface area contributed by atoms with Crippen molar-refractivity contribution in [2.75, 3.05) is 7.11 Å². The highest BCUT2D eigenvalue weighted by atomic mass is 19.1. The SMILES string of the molecule is COC(=O)Oc1ccccc1COc1cc(F)c(C)cc1F. The number of methoxy groups -OCH3 is 1. The maximum absolute atomic E-state index is 13.7. The van der Waals surface area contributed by atoms with Crippen molar-refractivity contribution < 1.29 is 27.8 Å². The monoisotopic (exact) mass is 308 g/mol. The lowest BCUT2D eigenvalue weighted by atomic mass is 10.2. The molecule has 0 fully saturated rings. The van der Waals surface area contributed by atoms with E-state index in [9.17, 15) is 13.6 Å². The number of hydrogen-bond donors (Lipinski definition) is 0. The molecule has 0 atom stereocenters. The molecule has 0 saturated heterocycles. The van der Waals surface area contributed by atoms with Gasteiger partial charge in [-0.05, 0) is 24.6 Å². The first kappa shape index (κ1) is 15.8. The van der Waals surface area contributed by atoms with Crippen molar-refractivity contribution in [3.8, 4) is 11.5 Å². The number of benzene rings is 2. The van der Waals surface area contributed by atoms with Crippen molar-refractivity contribution in [2.45, 2.75) is 13.5 Å². The molecule has 0 aliphatic heterocycles. The number of aryl methyl sites for hydroxylation is 1. The standard InChI is InChI=1S/C16H14F2O4/c1-10-7-13(18)15(8-12(10)17)21-9-11-5-3-4-6-14(11)22-16(19)20-2/h3-8H,9H2,1-2H3. The Hall–Kier alpha value is -2.63. The maximum atomic E-state index is 13.7. The topological polar surface area (TPSA) is 44.8 Å². The summed E-state index contributed by atoms with van der Waals surface area (Å²) in [6.07, 6.45) is -0.875. The van der Waals surface area contributed by atoms with Gasteiger partial charge in [0.2, 0.25) is 0 Å². The summed E-state index contributed by atoms with van der Waals surface area (Å²) in [5, 5.41) is 0. The van der Waals surface area contributed by atoms with Gasteiger partial charge in [-0.2, -0.15) is 0 Å². The van der Waals surface area contributed by atoms with Crippen LogP contribution in [0.15, 0.2) is 36.4 Å². The van der Waals surface area contributed by atoms with Gasteiger partial charge in [-0.25, -0.2) is 13.6 Å². The quantitative estimate of drug-likeness (QED) is 0.632. The van der Waals surface area contributed by atoms with Crippen molar-refractivity contribution in [3.63, 3.8) is 0 Å². The summed E-state index contributed by atoms with van der Waals surface area (Å²) in [4.78, 5) is 11.1. The Labute approximate surface area is 126 Å². The fourth-order valence-electron chi connectivity index (χ4n) is 1.75. The lowest BCUT2D eigenvalue weighted by Gasteiger charge is -2.11. The van der Waals surface area contributed by atoms with Gasteiger partial charge in [0.1, 0.15) is 18.2 Å². The zero-order chi connectivity index (χ0) is 16.1. The second kappa shape index (κ2) is 6.89. The summed E-state index contributed by atoms with van der Waals surface area (Å²) >= 11 is 0. The number of halogens is 2. The first-order chi connectivity index (χ1) is 10.5. The number of hydrogen-bond acceptors (Lipinski definition) is 4. The highest BCUT2D eigenvalue weighted by Crippen LogP contribution is 2.24. The average Bonchev–Trinajstić information content (AvgIpc) is 2.50. The van der Waals surface area contributed by atoms with Crippen molar-refractivity contribution >= 4 is 6.16 Å². The van der Waals surface area contributed by atoms with Crippen LogP contribution in [0.5, 0.6) is 11.5 Å². The summed E-state index contributed by atoms with van der Waals surface area (Å²) in [6, 6.07) is 8.58. The molecule has 0 radical (unpaired) electrons. The third kappa shape index (κ3) is 3.72. The minimum atomic E-state index is -0.875. The van der Waals surface area contributed by atoms with Gasteiger partial charge >= 0.3 is 6.16 Å². The predicted octanol–water partition coefficient (Wildman–Crippen LogP) is 4.00. The van der Waals surface area contributed by atoms with Crippen molar-refractivity contribution in [2.24, 2.45) is 0 Å². The van der Waals surface area contributed by atoms with E-state index >= 15 is 0 Å². The molecule has 0 heterocycles. The minimum Gasteiger partial charge on any atom is -0.486 e. The Morgan fingerprint density at radius 3 is 2.55 bits per heavy atom. The molecule has 4 nitrogen and oxygen atoms in total. The molecule has 22 heavy (non-hydrogen) atoms. The van der Waals surface area contributed by atoms with Crippen molar-refractivity contribution in [3.05, 3.63) is 59.2 Å². The number of para-hydroxylation sites is 1. The molecule has 0 bridgehead atoms. The first-order valence-electron chi connectivity index (χ1n) is 6.43. The molecule has 2 rings (SSSR count). The zero-order valence-electron chi connectivity index (χ0n) is 12.1. The van der Waals surface area contributed by atoms with E-state index in [1.807, 2.05) is 0 Å². The van der Waals surface area contributed by atoms with Gasteiger partial charge in [-0.15, -0.1) is 0 Å². The lowest BCUT2D eigenvalue weighted by molar-refractivity contribution is 0.120. The number of carbonyl (C=O) groups is 1. The largest absolute Gasteiger partial charge is 0.513 e. The molecule has 0 aliphatic rings. The van der Waals surface area contributed by atoms with E-state index in [1.165, 1.54) is 14.0 Å². The fraction of sp³-hybridized carbons (Fsp3) is 0.188. The van der Waals surface area contributed by atoms with Gasteiger partial charge < -0.3 is 14.2 Å². The van der Waals surface area contributed by atoms with Gasteiger partial charge in [-0.1, -0.05) is 18.2 Å². The van der Waals surface area contributed by atoms with Crippen LogP contribution in [0.3, 0.4) is 0 Å². The van der Waals surface area contributed by atoms with Gasteiger partial charge in [0, 0.05) is 11.6 Å². The summed E-state index contributed by atoms with van der Waals surface area (Å²) in [5.74, 6) is -1.21. The van der Waals surface area contributed by atoms with Crippen LogP contribution in [0.4, 0.5) is 13.6 Å². The molecular weight excluding hydrogens is 294 g/mol. The van der Waals surface area contributed by atoms with E-state index in [2.05, 4.69) is 4.74 Å². The number of ether oxygens (including phenoxy) is 3. The summed E-state index contributed by atoms with van der Waals surface area (Å²) in [6.45, 7) is 1.37. The van der Waals surface area contributed by atoms with E-state index in [0.717, 1.165) is 12.1 Å². The highest BCUT2D eigenvalue weighted by molar-refractivity contribution is 5.64. The molecule has 0 unspecified atom stereocenters. The highest BCUT2D eigenvalue weighted by Gasteiger charge is 2.12. The maximum Gasteiger partial charge on any atom is 0.513 e. The summed E-state index contributed by atoms with van der Waals surface area (Å²) < 4.78 is 41.8. The summed E-state index contributed by atoms with van der Waals surface area (Å²) in [7, 11) is 1.19. The molecule has 0 aromatic heterocycles. The molecule has 0 N–H and O–H groups in total. The minimum absolute atomic E-state index is 0.0907. The normalized spacial score (nSPS) is 10.2. The third-order valence-electron chi connectivity index (χ3n) is 2.93.